The summed E-state index contributed by atoms with van der Waals surface area (Å²) in [6.07, 6.45) is -5.22. The van der Waals surface area contributed by atoms with Crippen molar-refractivity contribution >= 4 is 5.84 Å². The van der Waals surface area contributed by atoms with Crippen LogP contribution in [0.4, 0.5) is 0 Å². The lowest BCUT2D eigenvalue weighted by atomic mass is 9.83. The van der Waals surface area contributed by atoms with Crippen molar-refractivity contribution < 1.29 is 44.1 Å². The molecule has 1 saturated carbocycles. The Morgan fingerprint density at radius 1 is 1.18 bits per heavy atom. The van der Waals surface area contributed by atoms with Crippen LogP contribution in [0.1, 0.15) is 33.1 Å². The molecule has 3 heterocycles. The van der Waals surface area contributed by atoms with Crippen LogP contribution in [0.25, 0.3) is 0 Å². The maximum atomic E-state index is 11.5. The Kier molecular flexibility index (Phi) is 9.86. The summed E-state index contributed by atoms with van der Waals surface area (Å²) in [6, 6.07) is -1.84. The van der Waals surface area contributed by atoms with Gasteiger partial charge >= 0.3 is 0 Å². The highest BCUT2D eigenvalue weighted by Gasteiger charge is 2.73. The first kappa shape index (κ1) is 30.9. The smallest absolute Gasteiger partial charge is 0.188 e. The number of fused-ring (bicyclic) bond motifs is 1. The van der Waals surface area contributed by atoms with Crippen LogP contribution in [-0.2, 0) is 23.7 Å². The SMILES string of the molecule is CNC12OC1C(OC1C(N=C(N)C(C)O)CC(N)C(OC3OC(CNCCO)CCC3N)C1O)OCC2(C)O. The summed E-state index contributed by atoms with van der Waals surface area (Å²) in [4.78, 5) is 4.42. The minimum Gasteiger partial charge on any atom is -0.395 e. The van der Waals surface area contributed by atoms with Gasteiger partial charge in [-0.25, -0.2) is 0 Å². The van der Waals surface area contributed by atoms with E-state index in [-0.39, 0.29) is 31.6 Å². The molecule has 0 amide bonds. The van der Waals surface area contributed by atoms with Crippen LogP contribution >= 0.6 is 0 Å². The maximum absolute atomic E-state index is 11.5. The van der Waals surface area contributed by atoms with Crippen molar-refractivity contribution in [2.75, 3.05) is 33.4 Å². The molecule has 3 aliphatic heterocycles. The summed E-state index contributed by atoms with van der Waals surface area (Å²) in [5.74, 6) is -0.0250. The number of aliphatic imine (C=N–C) groups is 1. The highest BCUT2D eigenvalue weighted by molar-refractivity contribution is 5.84. The number of rotatable bonds is 11. The molecule has 13 unspecified atom stereocenters. The van der Waals surface area contributed by atoms with Crippen molar-refractivity contribution in [1.29, 1.82) is 0 Å². The third-order valence-corrected chi connectivity index (χ3v) is 8.08. The molecule has 4 rings (SSSR count). The highest BCUT2D eigenvalue weighted by Crippen LogP contribution is 2.50. The summed E-state index contributed by atoms with van der Waals surface area (Å²) in [5.41, 5.74) is 16.4. The molecule has 13 atom stereocenters. The molecule has 0 aromatic rings. The van der Waals surface area contributed by atoms with E-state index in [9.17, 15) is 15.3 Å². The van der Waals surface area contributed by atoms with Gasteiger partial charge in [-0.3, -0.25) is 10.3 Å². The number of ether oxygens (including phenoxy) is 5. The number of aliphatic hydroxyl groups excluding tert-OH is 3. The molecule has 0 aromatic carbocycles. The van der Waals surface area contributed by atoms with Crippen LogP contribution in [0.15, 0.2) is 4.99 Å². The summed E-state index contributed by atoms with van der Waals surface area (Å²) in [5, 5.41) is 47.3. The fraction of sp³-hybridized carbons (Fsp3) is 0.958. The molecule has 1 aliphatic carbocycles. The monoisotopic (exact) mass is 562 g/mol. The molecule has 4 fully saturated rings. The molecule has 0 aromatic heterocycles. The predicted molar refractivity (Wildman–Crippen MR) is 138 cm³/mol. The number of nitrogens with two attached hydrogens (primary N) is 3. The van der Waals surface area contributed by atoms with Gasteiger partial charge < -0.3 is 66.6 Å². The Hall–Kier alpha value is -1.05. The summed E-state index contributed by atoms with van der Waals surface area (Å²) in [7, 11) is 1.67. The van der Waals surface area contributed by atoms with Crippen LogP contribution in [0.3, 0.4) is 0 Å². The molecule has 0 bridgehead atoms. The van der Waals surface area contributed by atoms with Crippen LogP contribution in [0.2, 0.25) is 0 Å². The van der Waals surface area contributed by atoms with Gasteiger partial charge in [-0.05, 0) is 40.2 Å². The molecular weight excluding hydrogens is 516 g/mol. The molecule has 4 aliphatic rings. The third kappa shape index (κ3) is 6.40. The standard InChI is InChI=1S/C24H46N6O9/c1-11(32)20(27)30-15-8-14(26)17(37-21-13(25)5-4-12(36-21)9-29-6-7-31)16(33)18(15)38-22-19-24(28-3,39-19)23(2,34)10-35-22/h11-19,21-22,28-29,31-34H,4-10,25-26H2,1-3H3,(H2,27,30). The number of hydrogen-bond acceptors (Lipinski definition) is 14. The molecule has 15 nitrogen and oxygen atoms in total. The fourth-order valence-corrected chi connectivity index (χ4v) is 5.67. The second-order valence-electron chi connectivity index (χ2n) is 11.2. The zero-order chi connectivity index (χ0) is 28.5. The first-order valence-corrected chi connectivity index (χ1v) is 13.6. The van der Waals surface area contributed by atoms with Gasteiger partial charge in [0, 0.05) is 19.1 Å². The minimum absolute atomic E-state index is 0.0173. The van der Waals surface area contributed by atoms with Gasteiger partial charge in [-0.1, -0.05) is 0 Å². The molecule has 226 valence electrons. The van der Waals surface area contributed by atoms with Crippen LogP contribution in [0.5, 0.6) is 0 Å². The fourth-order valence-electron chi connectivity index (χ4n) is 5.67. The average Bonchev–Trinajstić information content (AvgIpc) is 3.65. The van der Waals surface area contributed by atoms with Crippen molar-refractivity contribution in [3.05, 3.63) is 0 Å². The Bertz CT molecular complexity index is 853. The zero-order valence-corrected chi connectivity index (χ0v) is 22.8. The summed E-state index contributed by atoms with van der Waals surface area (Å²) < 4.78 is 30.1. The average molecular weight is 563 g/mol. The second kappa shape index (κ2) is 12.4. The first-order valence-electron chi connectivity index (χ1n) is 13.6. The Balaban J connectivity index is 1.50. The Morgan fingerprint density at radius 3 is 2.56 bits per heavy atom. The van der Waals surface area contributed by atoms with Gasteiger partial charge in [0.1, 0.15) is 35.9 Å². The van der Waals surface area contributed by atoms with E-state index in [2.05, 4.69) is 15.6 Å². The van der Waals surface area contributed by atoms with E-state index in [1.807, 2.05) is 0 Å². The molecule has 15 heteroatoms. The lowest BCUT2D eigenvalue weighted by Gasteiger charge is -2.46. The molecule has 39 heavy (non-hydrogen) atoms. The van der Waals surface area contributed by atoms with Crippen molar-refractivity contribution in [2.45, 2.75) is 112 Å². The third-order valence-electron chi connectivity index (χ3n) is 8.08. The van der Waals surface area contributed by atoms with Gasteiger partial charge in [0.2, 0.25) is 0 Å². The zero-order valence-electron chi connectivity index (χ0n) is 22.8. The lowest BCUT2D eigenvalue weighted by Crippen LogP contribution is -2.65. The van der Waals surface area contributed by atoms with E-state index < -0.39 is 72.6 Å². The topological polar surface area (TPSA) is 245 Å². The lowest BCUT2D eigenvalue weighted by molar-refractivity contribution is -0.280. The predicted octanol–water partition coefficient (Wildman–Crippen LogP) is -4.21. The largest absolute Gasteiger partial charge is 0.395 e. The second-order valence-corrected chi connectivity index (χ2v) is 11.2. The van der Waals surface area contributed by atoms with E-state index in [0.717, 1.165) is 6.42 Å². The van der Waals surface area contributed by atoms with Crippen LogP contribution < -0.4 is 27.8 Å². The quantitative estimate of drug-likeness (QED) is 0.0502. The molecule has 0 radical (unpaired) electrons. The molecule has 3 saturated heterocycles. The molecule has 0 spiro atoms. The number of hydrogen-bond donors (Lipinski definition) is 9. The molecular formula is C24H46N6O9. The van der Waals surface area contributed by atoms with Crippen molar-refractivity contribution in [3.63, 3.8) is 0 Å². The number of nitrogens with zero attached hydrogens (tertiary/aromatic N) is 1. The summed E-state index contributed by atoms with van der Waals surface area (Å²) in [6.45, 7) is 4.00. The number of amidine groups is 1. The van der Waals surface area contributed by atoms with E-state index in [1.165, 1.54) is 6.92 Å². The Labute approximate surface area is 228 Å². The van der Waals surface area contributed by atoms with E-state index in [4.69, 9.17) is 46.0 Å². The minimum atomic E-state index is -1.29. The first-order chi connectivity index (χ1) is 18.4. The number of aliphatic hydroxyl groups is 4. The van der Waals surface area contributed by atoms with Gasteiger partial charge in [0.25, 0.3) is 0 Å². The van der Waals surface area contributed by atoms with Gasteiger partial charge in [0.15, 0.2) is 24.4 Å². The van der Waals surface area contributed by atoms with Crippen molar-refractivity contribution in [1.82, 2.24) is 10.6 Å². The maximum Gasteiger partial charge on any atom is 0.188 e. The van der Waals surface area contributed by atoms with Crippen molar-refractivity contribution in [2.24, 2.45) is 22.2 Å². The van der Waals surface area contributed by atoms with Gasteiger partial charge in [-0.15, -0.1) is 0 Å². The van der Waals surface area contributed by atoms with Gasteiger partial charge in [-0.2, -0.15) is 0 Å². The van der Waals surface area contributed by atoms with E-state index in [1.54, 1.807) is 14.0 Å². The van der Waals surface area contributed by atoms with Crippen LogP contribution in [-0.4, -0.2) is 138 Å². The number of epoxide rings is 1. The van der Waals surface area contributed by atoms with E-state index in [0.29, 0.717) is 19.5 Å². The van der Waals surface area contributed by atoms with E-state index >= 15 is 0 Å². The van der Waals surface area contributed by atoms with Crippen LogP contribution in [0, 0.1) is 0 Å². The number of nitrogens with one attached hydrogen (secondary N) is 2. The summed E-state index contributed by atoms with van der Waals surface area (Å²) >= 11 is 0. The van der Waals surface area contributed by atoms with Gasteiger partial charge in [0.05, 0.1) is 31.4 Å². The Morgan fingerprint density at radius 2 is 1.90 bits per heavy atom. The highest BCUT2D eigenvalue weighted by atomic mass is 16.8. The normalized spacial score (nSPS) is 47.5. The molecule has 12 N–H and O–H groups in total. The number of likely N-dealkylation sites (N-methyl/N-ethyl adjacent to an activating group) is 1. The van der Waals surface area contributed by atoms with Crippen molar-refractivity contribution in [3.8, 4) is 0 Å².